The maximum absolute atomic E-state index is 6.27. The van der Waals surface area contributed by atoms with Crippen molar-refractivity contribution in [1.29, 1.82) is 0 Å². The predicted molar refractivity (Wildman–Crippen MR) is 279 cm³/mol. The van der Waals surface area contributed by atoms with Gasteiger partial charge in [0.15, 0.2) is 8.07 Å². The molecule has 0 aliphatic heterocycles. The fourth-order valence-electron chi connectivity index (χ4n) is 11.1. The summed E-state index contributed by atoms with van der Waals surface area (Å²) in [6.45, 7) is 0. The van der Waals surface area contributed by atoms with Crippen LogP contribution in [0.2, 0.25) is 0 Å². The molecule has 304 valence electrons. The highest BCUT2D eigenvalue weighted by Crippen LogP contribution is 2.39. The van der Waals surface area contributed by atoms with Crippen LogP contribution in [0.1, 0.15) is 0 Å². The first kappa shape index (κ1) is 36.5. The molecule has 4 heterocycles. The third kappa shape index (κ3) is 5.28. The van der Waals surface area contributed by atoms with Crippen molar-refractivity contribution in [1.82, 2.24) is 9.13 Å². The monoisotopic (exact) mass is 862 g/mol. The molecule has 0 aliphatic carbocycles. The quantitative estimate of drug-likeness (QED) is 0.121. The van der Waals surface area contributed by atoms with Crippen molar-refractivity contribution in [3.63, 3.8) is 0 Å². The van der Waals surface area contributed by atoms with Gasteiger partial charge in [0, 0.05) is 63.9 Å². The van der Waals surface area contributed by atoms with E-state index in [1.165, 1.54) is 90.2 Å². The smallest absolute Gasteiger partial charge is 0.179 e. The van der Waals surface area contributed by atoms with Crippen molar-refractivity contribution >= 4 is 126 Å². The average Bonchev–Trinajstić information content (AvgIpc) is 4.12. The maximum Gasteiger partial charge on any atom is 0.179 e. The van der Waals surface area contributed by atoms with Gasteiger partial charge < -0.3 is 13.6 Å². The minimum atomic E-state index is -2.99. The average molecular weight is 863 g/mol. The zero-order valence-electron chi connectivity index (χ0n) is 35.2. The van der Waals surface area contributed by atoms with Crippen molar-refractivity contribution in [2.24, 2.45) is 0 Å². The standard InChI is InChI=1S/C60H38N2OSSi/c1-3-15-41(16-4-1)65(42-17-5-2-6-18-42,43-29-31-55-49(37-43)45-19-7-11-23-53(45)61(55)39-27-33-58-51(35-39)47-21-9-13-25-57(47)63-58)44-30-32-56-50(38-44)46-20-8-12-24-54(46)62(56)40-28-34-60-52(36-40)48-22-10-14-26-59(48)64-60/h1-38H. The summed E-state index contributed by atoms with van der Waals surface area (Å²) in [5.74, 6) is 0. The lowest BCUT2D eigenvalue weighted by atomic mass is 10.1. The van der Waals surface area contributed by atoms with Gasteiger partial charge in [0.1, 0.15) is 11.2 Å². The first-order valence-electron chi connectivity index (χ1n) is 22.2. The highest BCUT2D eigenvalue weighted by Gasteiger charge is 2.42. The lowest BCUT2D eigenvalue weighted by molar-refractivity contribution is 0.669. The number of fused-ring (bicyclic) bond motifs is 12. The summed E-state index contributed by atoms with van der Waals surface area (Å²) < 4.78 is 13.8. The molecule has 0 saturated carbocycles. The van der Waals surface area contributed by atoms with Crippen LogP contribution in [0, 0.1) is 0 Å². The van der Waals surface area contributed by atoms with E-state index in [-0.39, 0.29) is 0 Å². The Labute approximate surface area is 379 Å². The topological polar surface area (TPSA) is 23.0 Å². The molecule has 65 heavy (non-hydrogen) atoms. The van der Waals surface area contributed by atoms with Crippen LogP contribution in [0.25, 0.3) is 97.1 Å². The van der Waals surface area contributed by atoms with E-state index in [0.29, 0.717) is 0 Å². The van der Waals surface area contributed by atoms with Crippen LogP contribution in [-0.2, 0) is 0 Å². The Kier molecular flexibility index (Phi) is 7.87. The van der Waals surface area contributed by atoms with Gasteiger partial charge in [0.2, 0.25) is 0 Å². The summed E-state index contributed by atoms with van der Waals surface area (Å²) in [7, 11) is -2.99. The molecule has 4 aromatic heterocycles. The van der Waals surface area contributed by atoms with Crippen molar-refractivity contribution in [2.75, 3.05) is 0 Å². The summed E-state index contributed by atoms with van der Waals surface area (Å²) in [5, 5.41) is 15.3. The van der Waals surface area contributed by atoms with Crippen molar-refractivity contribution in [3.05, 3.63) is 231 Å². The number of hydrogen-bond donors (Lipinski definition) is 0. The molecule has 0 radical (unpaired) electrons. The third-order valence-electron chi connectivity index (χ3n) is 13.9. The molecule has 0 aliphatic rings. The SMILES string of the molecule is c1ccc([Si](c2ccccc2)(c2ccc3c(c2)c2ccccc2n3-c2ccc3oc4ccccc4c3c2)c2ccc3c(c2)c2ccccc2n3-c2ccc3sc4ccccc4c3c2)cc1. The van der Waals surface area contributed by atoms with Gasteiger partial charge in [-0.2, -0.15) is 0 Å². The molecule has 14 rings (SSSR count). The highest BCUT2D eigenvalue weighted by molar-refractivity contribution is 7.25. The van der Waals surface area contributed by atoms with E-state index in [1.54, 1.807) is 0 Å². The molecular weight excluding hydrogens is 825 g/mol. The fraction of sp³-hybridized carbons (Fsp3) is 0. The minimum Gasteiger partial charge on any atom is -0.456 e. The van der Waals surface area contributed by atoms with E-state index < -0.39 is 8.07 Å². The van der Waals surface area contributed by atoms with Gasteiger partial charge in [-0.25, -0.2) is 0 Å². The molecule has 0 saturated heterocycles. The van der Waals surface area contributed by atoms with Crippen LogP contribution < -0.4 is 20.7 Å². The summed E-state index contributed by atoms with van der Waals surface area (Å²) in [6, 6.07) is 85.9. The van der Waals surface area contributed by atoms with Gasteiger partial charge in [0.05, 0.1) is 22.1 Å². The lowest BCUT2D eigenvalue weighted by Crippen LogP contribution is -2.74. The van der Waals surface area contributed by atoms with E-state index in [4.69, 9.17) is 4.42 Å². The van der Waals surface area contributed by atoms with E-state index in [9.17, 15) is 0 Å². The van der Waals surface area contributed by atoms with Crippen LogP contribution in [0.4, 0.5) is 0 Å². The molecule has 0 spiro atoms. The van der Waals surface area contributed by atoms with Crippen molar-refractivity contribution in [2.45, 2.75) is 0 Å². The number of thiophene rings is 1. The van der Waals surface area contributed by atoms with Gasteiger partial charge in [-0.05, 0) is 93.5 Å². The minimum absolute atomic E-state index is 0.900. The van der Waals surface area contributed by atoms with Crippen LogP contribution in [0.3, 0.4) is 0 Å². The largest absolute Gasteiger partial charge is 0.456 e. The van der Waals surface area contributed by atoms with Crippen LogP contribution in [0.15, 0.2) is 235 Å². The summed E-state index contributed by atoms with van der Waals surface area (Å²) >= 11 is 1.87. The Balaban J connectivity index is 1.03. The zero-order valence-corrected chi connectivity index (χ0v) is 37.0. The zero-order chi connectivity index (χ0) is 42.6. The normalized spacial score (nSPS) is 12.3. The van der Waals surface area contributed by atoms with Crippen LogP contribution in [-0.4, -0.2) is 17.2 Å². The van der Waals surface area contributed by atoms with E-state index in [1.807, 2.05) is 17.4 Å². The second-order valence-corrected chi connectivity index (χ2v) is 22.1. The Morgan fingerprint density at radius 2 is 0.754 bits per heavy atom. The van der Waals surface area contributed by atoms with Gasteiger partial charge in [-0.3, -0.25) is 0 Å². The Hall–Kier alpha value is -7.96. The Morgan fingerprint density at radius 1 is 0.292 bits per heavy atom. The molecule has 3 nitrogen and oxygen atoms in total. The molecule has 14 aromatic rings. The van der Waals surface area contributed by atoms with Gasteiger partial charge in [-0.1, -0.05) is 158 Å². The highest BCUT2D eigenvalue weighted by atomic mass is 32.1. The van der Waals surface area contributed by atoms with Crippen LogP contribution >= 0.6 is 11.3 Å². The number of rotatable bonds is 6. The third-order valence-corrected chi connectivity index (χ3v) is 19.8. The molecule has 5 heteroatoms. The molecule has 0 bridgehead atoms. The fourth-order valence-corrected chi connectivity index (χ4v) is 16.9. The Morgan fingerprint density at radius 3 is 1.38 bits per heavy atom. The summed E-state index contributed by atoms with van der Waals surface area (Å²) in [6.07, 6.45) is 0. The number of hydrogen-bond acceptors (Lipinski definition) is 2. The van der Waals surface area contributed by atoms with Gasteiger partial charge in [0.25, 0.3) is 0 Å². The summed E-state index contributed by atoms with van der Waals surface area (Å²) in [4.78, 5) is 0. The number of nitrogens with zero attached hydrogens (tertiary/aromatic N) is 2. The number of furan rings is 1. The van der Waals surface area contributed by atoms with E-state index in [2.05, 4.69) is 234 Å². The summed E-state index contributed by atoms with van der Waals surface area (Å²) in [5.41, 5.74) is 8.88. The van der Waals surface area contributed by atoms with Crippen molar-refractivity contribution in [3.8, 4) is 11.4 Å². The molecule has 0 N–H and O–H groups in total. The molecular formula is C60H38N2OSSi. The second kappa shape index (κ2) is 14.0. The number of aromatic nitrogens is 2. The predicted octanol–water partition coefficient (Wildman–Crippen LogP) is 13.5. The number of para-hydroxylation sites is 3. The number of benzene rings is 10. The van der Waals surface area contributed by atoms with E-state index >= 15 is 0 Å². The van der Waals surface area contributed by atoms with E-state index in [0.717, 1.165) is 27.6 Å². The van der Waals surface area contributed by atoms with Crippen LogP contribution in [0.5, 0.6) is 0 Å². The van der Waals surface area contributed by atoms with Gasteiger partial charge in [-0.15, -0.1) is 11.3 Å². The second-order valence-electron chi connectivity index (χ2n) is 17.2. The molecule has 0 amide bonds. The molecule has 10 aromatic carbocycles. The Bertz CT molecular complexity index is 3920. The molecule has 0 unspecified atom stereocenters. The molecule has 0 atom stereocenters. The van der Waals surface area contributed by atoms with Crippen molar-refractivity contribution < 1.29 is 4.42 Å². The van der Waals surface area contributed by atoms with Gasteiger partial charge >= 0.3 is 0 Å². The first-order valence-corrected chi connectivity index (χ1v) is 25.1. The maximum atomic E-state index is 6.27. The molecule has 0 fully saturated rings. The lowest BCUT2D eigenvalue weighted by Gasteiger charge is -2.34. The first-order chi connectivity index (χ1) is 32.2.